The molecule has 0 unspecified atom stereocenters. The third-order valence-electron chi connectivity index (χ3n) is 4.33. The van der Waals surface area contributed by atoms with Gasteiger partial charge in [0.15, 0.2) is 0 Å². The van der Waals surface area contributed by atoms with Crippen LogP contribution in [0.4, 0.5) is 0 Å². The molecule has 2 N–H and O–H groups in total. The van der Waals surface area contributed by atoms with E-state index in [-0.39, 0.29) is 5.41 Å². The largest absolute Gasteiger partial charge is 0.285 e. The van der Waals surface area contributed by atoms with Crippen LogP contribution in [0.3, 0.4) is 0 Å². The average molecular weight is 288 g/mol. The first-order chi connectivity index (χ1) is 10.9. The molecule has 0 fully saturated rings. The van der Waals surface area contributed by atoms with Gasteiger partial charge >= 0.3 is 0 Å². The maximum atomic E-state index is 4.12. The number of rotatable bonds is 3. The van der Waals surface area contributed by atoms with E-state index >= 15 is 0 Å². The first-order valence-electron chi connectivity index (χ1n) is 7.32. The van der Waals surface area contributed by atoms with Gasteiger partial charge in [-0.05, 0) is 17.6 Å². The highest BCUT2D eigenvalue weighted by atomic mass is 15.1. The average Bonchev–Trinajstić information content (AvgIpc) is 3.30. The lowest BCUT2D eigenvalue weighted by Crippen LogP contribution is -2.25. The van der Waals surface area contributed by atoms with E-state index in [9.17, 15) is 0 Å². The number of aromatic amines is 2. The number of hydrogen-bond acceptors (Lipinski definition) is 2. The minimum absolute atomic E-state index is 0.210. The molecule has 1 aromatic carbocycles. The second-order valence-electron chi connectivity index (χ2n) is 5.51. The molecular weight excluding hydrogens is 272 g/mol. The highest BCUT2D eigenvalue weighted by Crippen LogP contribution is 2.41. The summed E-state index contributed by atoms with van der Waals surface area (Å²) in [5, 5.41) is 14.1. The number of H-pyrrole nitrogens is 2. The van der Waals surface area contributed by atoms with Crippen LogP contribution < -0.4 is 0 Å². The van der Waals surface area contributed by atoms with Crippen LogP contribution in [-0.4, -0.2) is 20.4 Å². The molecule has 1 aliphatic rings. The molecule has 4 heteroatoms. The van der Waals surface area contributed by atoms with E-state index in [1.807, 2.05) is 30.9 Å². The zero-order valence-electron chi connectivity index (χ0n) is 12.0. The molecule has 0 spiro atoms. The van der Waals surface area contributed by atoms with E-state index in [1.54, 1.807) is 0 Å². The van der Waals surface area contributed by atoms with Crippen molar-refractivity contribution in [1.29, 1.82) is 0 Å². The van der Waals surface area contributed by atoms with Gasteiger partial charge in [0.1, 0.15) is 0 Å². The molecule has 2 heterocycles. The predicted octanol–water partition coefficient (Wildman–Crippen LogP) is 3.46. The summed E-state index contributed by atoms with van der Waals surface area (Å²) >= 11 is 0. The van der Waals surface area contributed by atoms with Crippen molar-refractivity contribution < 1.29 is 0 Å². The van der Waals surface area contributed by atoms with E-state index in [1.165, 1.54) is 11.1 Å². The lowest BCUT2D eigenvalue weighted by atomic mass is 9.71. The Bertz CT molecular complexity index is 762. The van der Waals surface area contributed by atoms with Crippen molar-refractivity contribution in [3.05, 3.63) is 90.0 Å². The van der Waals surface area contributed by atoms with Crippen LogP contribution in [0.15, 0.2) is 73.3 Å². The minimum atomic E-state index is -0.210. The second kappa shape index (κ2) is 5.15. The summed E-state index contributed by atoms with van der Waals surface area (Å²) in [6, 6.07) is 10.5. The van der Waals surface area contributed by atoms with Crippen molar-refractivity contribution in [2.45, 2.75) is 11.8 Å². The molecule has 4 nitrogen and oxygen atoms in total. The van der Waals surface area contributed by atoms with Crippen LogP contribution >= 0.6 is 0 Å². The van der Waals surface area contributed by atoms with E-state index in [0.29, 0.717) is 0 Å². The molecule has 0 radical (unpaired) electrons. The third kappa shape index (κ3) is 2.00. The van der Waals surface area contributed by atoms with Gasteiger partial charge in [-0.3, -0.25) is 10.2 Å². The van der Waals surface area contributed by atoms with Gasteiger partial charge in [0.25, 0.3) is 0 Å². The van der Waals surface area contributed by atoms with Gasteiger partial charge in [0.05, 0.1) is 12.4 Å². The third-order valence-corrected chi connectivity index (χ3v) is 4.33. The van der Waals surface area contributed by atoms with Gasteiger partial charge in [-0.2, -0.15) is 10.2 Å². The van der Waals surface area contributed by atoms with Crippen molar-refractivity contribution >= 4 is 5.57 Å². The number of nitrogens with one attached hydrogen (secondary N) is 2. The van der Waals surface area contributed by atoms with Crippen LogP contribution in [0.1, 0.15) is 23.1 Å². The Morgan fingerprint density at radius 2 is 1.59 bits per heavy atom. The Kier molecular flexibility index (Phi) is 3.00. The van der Waals surface area contributed by atoms with Gasteiger partial charge < -0.3 is 0 Å². The summed E-state index contributed by atoms with van der Waals surface area (Å²) in [6.07, 6.45) is 15.3. The molecule has 0 atom stereocenters. The Balaban J connectivity index is 1.75. The zero-order valence-corrected chi connectivity index (χ0v) is 12.0. The van der Waals surface area contributed by atoms with Crippen molar-refractivity contribution in [2.24, 2.45) is 0 Å². The molecule has 2 aromatic heterocycles. The number of allylic oxidation sites excluding steroid dienone is 4. The van der Waals surface area contributed by atoms with Crippen molar-refractivity contribution in [2.75, 3.05) is 0 Å². The van der Waals surface area contributed by atoms with E-state index in [2.05, 4.69) is 62.9 Å². The molecule has 0 bridgehead atoms. The minimum Gasteiger partial charge on any atom is -0.285 e. The number of aromatic nitrogens is 4. The predicted molar refractivity (Wildman–Crippen MR) is 86.1 cm³/mol. The first kappa shape index (κ1) is 12.8. The quantitative estimate of drug-likeness (QED) is 0.775. The van der Waals surface area contributed by atoms with Crippen LogP contribution in [0.5, 0.6) is 0 Å². The molecule has 4 rings (SSSR count). The fourth-order valence-electron chi connectivity index (χ4n) is 3.07. The van der Waals surface area contributed by atoms with Gasteiger partial charge in [0, 0.05) is 28.9 Å². The van der Waals surface area contributed by atoms with Gasteiger partial charge in [-0.15, -0.1) is 0 Å². The molecule has 0 saturated carbocycles. The maximum Gasteiger partial charge on any atom is 0.0531 e. The summed E-state index contributed by atoms with van der Waals surface area (Å²) < 4.78 is 0. The highest BCUT2D eigenvalue weighted by Gasteiger charge is 2.34. The van der Waals surface area contributed by atoms with Crippen LogP contribution in [0, 0.1) is 0 Å². The van der Waals surface area contributed by atoms with Crippen LogP contribution in [-0.2, 0) is 5.41 Å². The second-order valence-corrected chi connectivity index (χ2v) is 5.51. The van der Waals surface area contributed by atoms with Crippen molar-refractivity contribution in [3.63, 3.8) is 0 Å². The topological polar surface area (TPSA) is 57.4 Å². The Labute approximate surface area is 128 Å². The van der Waals surface area contributed by atoms with E-state index in [4.69, 9.17) is 0 Å². The highest BCUT2D eigenvalue weighted by molar-refractivity contribution is 5.76. The monoisotopic (exact) mass is 288 g/mol. The molecule has 3 aromatic rings. The SMILES string of the molecule is C1=CC(c2cn[nH]c2)(c2cn[nH]c2)CC=C1c1ccccc1. The lowest BCUT2D eigenvalue weighted by molar-refractivity contribution is 0.650. The summed E-state index contributed by atoms with van der Waals surface area (Å²) in [7, 11) is 0. The maximum absolute atomic E-state index is 4.12. The fourth-order valence-corrected chi connectivity index (χ4v) is 3.07. The number of hydrogen-bond donors (Lipinski definition) is 2. The Hall–Kier alpha value is -2.88. The molecule has 0 aliphatic heterocycles. The Morgan fingerprint density at radius 3 is 2.09 bits per heavy atom. The molecule has 108 valence electrons. The standard InChI is InChI=1S/C18H16N4/c1-2-4-14(5-3-1)15-6-8-18(9-7-15,16-10-19-20-11-16)17-12-21-22-13-17/h1-8,10-13H,9H2,(H,19,20)(H,21,22). The number of nitrogens with zero attached hydrogens (tertiary/aromatic N) is 2. The van der Waals surface area contributed by atoms with Crippen molar-refractivity contribution in [3.8, 4) is 0 Å². The lowest BCUT2D eigenvalue weighted by Gasteiger charge is -2.30. The van der Waals surface area contributed by atoms with Gasteiger partial charge in [-0.25, -0.2) is 0 Å². The normalized spacial score (nSPS) is 16.5. The van der Waals surface area contributed by atoms with Gasteiger partial charge in [-0.1, -0.05) is 48.6 Å². The van der Waals surface area contributed by atoms with Crippen molar-refractivity contribution in [1.82, 2.24) is 20.4 Å². The Morgan fingerprint density at radius 1 is 0.909 bits per heavy atom. The fraction of sp³-hybridized carbons (Fsp3) is 0.111. The first-order valence-corrected chi connectivity index (χ1v) is 7.32. The number of benzene rings is 1. The van der Waals surface area contributed by atoms with E-state index < -0.39 is 0 Å². The molecule has 0 saturated heterocycles. The smallest absolute Gasteiger partial charge is 0.0531 e. The molecule has 22 heavy (non-hydrogen) atoms. The molecule has 0 amide bonds. The summed E-state index contributed by atoms with van der Waals surface area (Å²) in [4.78, 5) is 0. The summed E-state index contributed by atoms with van der Waals surface area (Å²) in [5.41, 5.74) is 4.58. The van der Waals surface area contributed by atoms with E-state index in [0.717, 1.165) is 17.5 Å². The summed E-state index contributed by atoms with van der Waals surface area (Å²) in [5.74, 6) is 0. The summed E-state index contributed by atoms with van der Waals surface area (Å²) in [6.45, 7) is 0. The van der Waals surface area contributed by atoms with Crippen LogP contribution in [0.2, 0.25) is 0 Å². The van der Waals surface area contributed by atoms with Gasteiger partial charge in [0.2, 0.25) is 0 Å². The van der Waals surface area contributed by atoms with Crippen LogP contribution in [0.25, 0.3) is 5.57 Å². The molecular formula is C18H16N4. The zero-order chi connectivity index (χ0) is 14.8. The molecule has 1 aliphatic carbocycles.